The number of hydrogen-bond donors (Lipinski definition) is 3. The van der Waals surface area contributed by atoms with Crippen LogP contribution in [-0.2, 0) is 29.8 Å². The van der Waals surface area contributed by atoms with E-state index in [1.54, 1.807) is 24.3 Å². The number of fused-ring (bicyclic) bond motifs is 2. The number of thiazole rings is 1. The van der Waals surface area contributed by atoms with Crippen LogP contribution >= 0.6 is 11.3 Å². The smallest absolute Gasteiger partial charge is 0.275 e. The number of rotatable bonds is 4. The Morgan fingerprint density at radius 3 is 2.81 bits per heavy atom. The first-order chi connectivity index (χ1) is 12.7. The van der Waals surface area contributed by atoms with E-state index in [9.17, 15) is 22.8 Å². The summed E-state index contributed by atoms with van der Waals surface area (Å²) in [5.41, 5.74) is 0.340. The Kier molecular flexibility index (Phi) is 3.82. The van der Waals surface area contributed by atoms with Crippen LogP contribution in [0.3, 0.4) is 0 Å². The van der Waals surface area contributed by atoms with Crippen molar-refractivity contribution in [3.05, 3.63) is 36.0 Å². The van der Waals surface area contributed by atoms with Crippen LogP contribution in [0.1, 0.15) is 18.9 Å². The van der Waals surface area contributed by atoms with Gasteiger partial charge in [-0.05, 0) is 18.1 Å². The van der Waals surface area contributed by atoms with Gasteiger partial charge in [0.2, 0.25) is 17.7 Å². The topological polar surface area (TPSA) is 134 Å². The van der Waals surface area contributed by atoms with Crippen molar-refractivity contribution in [2.24, 2.45) is 5.92 Å². The van der Waals surface area contributed by atoms with Crippen LogP contribution in [0, 0.1) is 5.92 Å². The van der Waals surface area contributed by atoms with Gasteiger partial charge in [-0.15, -0.1) is 0 Å². The molecule has 1 aliphatic heterocycles. The lowest BCUT2D eigenvalue weighted by Gasteiger charge is -2.09. The molecule has 1 aromatic carbocycles. The summed E-state index contributed by atoms with van der Waals surface area (Å²) in [4.78, 5) is 39.7. The van der Waals surface area contributed by atoms with Crippen LogP contribution < -0.4 is 15.4 Å². The maximum atomic E-state index is 12.5. The molecule has 140 valence electrons. The van der Waals surface area contributed by atoms with Crippen LogP contribution in [0.25, 0.3) is 0 Å². The molecule has 11 heteroatoms. The molecule has 3 N–H and O–H groups in total. The highest BCUT2D eigenvalue weighted by Crippen LogP contribution is 2.60. The molecule has 2 heterocycles. The molecule has 9 nitrogen and oxygen atoms in total. The molecule has 1 spiro atoms. The largest absolute Gasteiger partial charge is 0.325 e. The highest BCUT2D eigenvalue weighted by Gasteiger charge is 2.68. The van der Waals surface area contributed by atoms with Crippen molar-refractivity contribution in [1.29, 1.82) is 0 Å². The van der Waals surface area contributed by atoms with Gasteiger partial charge in [-0.3, -0.25) is 14.4 Å². The van der Waals surface area contributed by atoms with Gasteiger partial charge >= 0.3 is 0 Å². The van der Waals surface area contributed by atoms with Crippen molar-refractivity contribution in [2.45, 2.75) is 23.0 Å². The Morgan fingerprint density at radius 2 is 2.07 bits per heavy atom. The predicted molar refractivity (Wildman–Crippen MR) is 96.6 cm³/mol. The minimum absolute atomic E-state index is 0.113. The van der Waals surface area contributed by atoms with Crippen molar-refractivity contribution in [3.8, 4) is 0 Å². The number of amides is 3. The normalized spacial score (nSPS) is 22.9. The monoisotopic (exact) mass is 406 g/mol. The summed E-state index contributed by atoms with van der Waals surface area (Å²) in [6.45, 7) is 1.27. The predicted octanol–water partition coefficient (Wildman–Crippen LogP) is 0.816. The van der Waals surface area contributed by atoms with E-state index >= 15 is 0 Å². The molecule has 4 rings (SSSR count). The van der Waals surface area contributed by atoms with E-state index in [2.05, 4.69) is 15.6 Å². The molecule has 2 unspecified atom stereocenters. The number of sulfonamides is 1. The minimum atomic E-state index is -4.15. The van der Waals surface area contributed by atoms with Gasteiger partial charge in [-0.2, -0.15) is 0 Å². The van der Waals surface area contributed by atoms with Gasteiger partial charge in [-0.1, -0.05) is 29.5 Å². The highest BCUT2D eigenvalue weighted by molar-refractivity contribution is 7.92. The lowest BCUT2D eigenvalue weighted by atomic mass is 9.95. The zero-order valence-electron chi connectivity index (χ0n) is 14.0. The Labute approximate surface area is 158 Å². The van der Waals surface area contributed by atoms with Crippen molar-refractivity contribution in [3.63, 3.8) is 0 Å². The second-order valence-corrected chi connectivity index (χ2v) is 9.30. The summed E-state index contributed by atoms with van der Waals surface area (Å²) >= 11 is 0.730. The van der Waals surface area contributed by atoms with Crippen LogP contribution in [0.2, 0.25) is 0 Å². The molecule has 2 aromatic rings. The molecular weight excluding hydrogens is 392 g/mol. The van der Waals surface area contributed by atoms with E-state index < -0.39 is 27.3 Å². The lowest BCUT2D eigenvalue weighted by Crippen LogP contribution is -2.35. The van der Waals surface area contributed by atoms with Crippen molar-refractivity contribution in [1.82, 2.24) is 9.71 Å². The van der Waals surface area contributed by atoms with E-state index in [-0.39, 0.29) is 27.6 Å². The molecule has 27 heavy (non-hydrogen) atoms. The first-order valence-electron chi connectivity index (χ1n) is 7.95. The zero-order valence-corrected chi connectivity index (χ0v) is 15.6. The second kappa shape index (κ2) is 5.86. The first kappa shape index (κ1) is 17.6. The molecule has 2 aliphatic rings. The Bertz CT molecular complexity index is 1090. The Hall–Kier alpha value is -2.79. The number of hydrogen-bond acceptors (Lipinski definition) is 7. The van der Waals surface area contributed by atoms with E-state index in [0.29, 0.717) is 11.3 Å². The molecule has 1 aromatic heterocycles. The maximum Gasteiger partial charge on any atom is 0.275 e. The van der Waals surface area contributed by atoms with Gasteiger partial charge in [-0.25, -0.2) is 18.1 Å². The number of nitrogens with one attached hydrogen (secondary N) is 3. The Balaban J connectivity index is 1.53. The van der Waals surface area contributed by atoms with Gasteiger partial charge in [0, 0.05) is 12.6 Å². The second-order valence-electron chi connectivity index (χ2n) is 6.36. The lowest BCUT2D eigenvalue weighted by molar-refractivity contribution is -0.124. The number of benzene rings is 1. The standard InChI is InChI=1S/C16H14N4O5S2/c1-8(21)18-15-17-7-12(26-15)27(24,25)20-13(22)10-6-16(10)9-4-2-3-5-11(9)19-14(16)23/h2-5,7,10H,6H2,1H3,(H,19,23)(H,20,22)(H,17,18,21). The van der Waals surface area contributed by atoms with Gasteiger partial charge in [0.25, 0.3) is 10.0 Å². The summed E-state index contributed by atoms with van der Waals surface area (Å²) in [5.74, 6) is -2.19. The highest BCUT2D eigenvalue weighted by atomic mass is 32.2. The molecule has 0 bridgehead atoms. The third kappa shape index (κ3) is 2.79. The van der Waals surface area contributed by atoms with Crippen LogP contribution in [0.15, 0.2) is 34.7 Å². The first-order valence-corrected chi connectivity index (χ1v) is 10.2. The number of aromatic nitrogens is 1. The van der Waals surface area contributed by atoms with Crippen molar-refractivity contribution in [2.75, 3.05) is 10.6 Å². The SMILES string of the molecule is CC(=O)Nc1ncc(S(=O)(=O)NC(=O)C2CC23C(=O)Nc2ccccc23)s1. The molecule has 1 fully saturated rings. The van der Waals surface area contributed by atoms with Gasteiger partial charge in [0.05, 0.1) is 17.5 Å². The average Bonchev–Trinajstić information content (AvgIpc) is 3.07. The number of carbonyl (C=O) groups excluding carboxylic acids is 3. The van der Waals surface area contributed by atoms with E-state index in [0.717, 1.165) is 17.5 Å². The summed E-state index contributed by atoms with van der Waals surface area (Å²) in [6.07, 6.45) is 1.31. The number of carbonyl (C=O) groups is 3. The fourth-order valence-electron chi connectivity index (χ4n) is 3.31. The quantitative estimate of drug-likeness (QED) is 0.688. The van der Waals surface area contributed by atoms with Crippen molar-refractivity contribution < 1.29 is 22.8 Å². The maximum absolute atomic E-state index is 12.5. The minimum Gasteiger partial charge on any atom is -0.325 e. The fourth-order valence-corrected chi connectivity index (χ4v) is 5.41. The molecule has 0 saturated heterocycles. The molecule has 1 aliphatic carbocycles. The summed E-state index contributed by atoms with van der Waals surface area (Å²) in [7, 11) is -4.15. The zero-order chi connectivity index (χ0) is 19.4. The van der Waals surface area contributed by atoms with Crippen LogP contribution in [0.5, 0.6) is 0 Å². The third-order valence-corrected chi connectivity index (χ3v) is 7.33. The van der Waals surface area contributed by atoms with Gasteiger partial charge in [0.15, 0.2) is 9.34 Å². The van der Waals surface area contributed by atoms with Gasteiger partial charge in [0.1, 0.15) is 0 Å². The van der Waals surface area contributed by atoms with E-state index in [1.165, 1.54) is 6.92 Å². The third-order valence-electron chi connectivity index (χ3n) is 4.61. The molecule has 3 amide bonds. The number of anilines is 2. The summed E-state index contributed by atoms with van der Waals surface area (Å²) in [5, 5.41) is 5.23. The molecule has 1 saturated carbocycles. The van der Waals surface area contributed by atoms with Crippen LogP contribution in [-0.4, -0.2) is 31.1 Å². The summed E-state index contributed by atoms with van der Waals surface area (Å²) in [6, 6.07) is 7.05. The van der Waals surface area contributed by atoms with Crippen molar-refractivity contribution >= 4 is 49.9 Å². The molecule has 0 radical (unpaired) electrons. The summed E-state index contributed by atoms with van der Waals surface area (Å²) < 4.78 is 26.7. The number of para-hydroxylation sites is 1. The molecular formula is C16H14N4O5S2. The van der Waals surface area contributed by atoms with Crippen LogP contribution in [0.4, 0.5) is 10.8 Å². The van der Waals surface area contributed by atoms with E-state index in [1.807, 2.05) is 4.72 Å². The van der Waals surface area contributed by atoms with Gasteiger partial charge < -0.3 is 10.6 Å². The van der Waals surface area contributed by atoms with E-state index in [4.69, 9.17) is 0 Å². The Morgan fingerprint density at radius 1 is 1.33 bits per heavy atom. The fraction of sp³-hybridized carbons (Fsp3) is 0.250. The number of nitrogens with zero attached hydrogens (tertiary/aromatic N) is 1. The molecule has 2 atom stereocenters. The average molecular weight is 406 g/mol.